The second-order valence-corrected chi connectivity index (χ2v) is 9.83. The molecular weight excluding hydrogens is 406 g/mol. The molecule has 3 aromatic carbocycles. The Morgan fingerprint density at radius 1 is 0.871 bits per heavy atom. The van der Waals surface area contributed by atoms with Crippen molar-refractivity contribution in [3.8, 4) is 0 Å². The van der Waals surface area contributed by atoms with E-state index in [0.29, 0.717) is 6.42 Å². The second-order valence-electron chi connectivity index (χ2n) is 7.99. The smallest absolute Gasteiger partial charge is 0.246 e. The standard InChI is InChI=1S/C26H27NO3S/c1-4-23-18-25(21-14-10-19(2)11-15-21)30-26(22-8-6-5-7-9-22)27(23)31(28,29)24-16-12-20(3)13-17-24/h4-17,23,25-26H,1,18H2,2-3H3/t23-,25+,26-/m1/s1. The van der Waals surface area contributed by atoms with E-state index < -0.39 is 22.3 Å². The number of benzene rings is 3. The van der Waals surface area contributed by atoms with Crippen LogP contribution in [0.2, 0.25) is 0 Å². The van der Waals surface area contributed by atoms with E-state index in [1.807, 2.05) is 68.4 Å². The van der Waals surface area contributed by atoms with E-state index in [9.17, 15) is 8.42 Å². The lowest BCUT2D eigenvalue weighted by Gasteiger charge is -2.43. The normalized spacial score (nSPS) is 22.2. The van der Waals surface area contributed by atoms with Crippen molar-refractivity contribution in [3.05, 3.63) is 114 Å². The van der Waals surface area contributed by atoms with E-state index in [1.165, 1.54) is 9.87 Å². The van der Waals surface area contributed by atoms with Crippen molar-refractivity contribution in [2.75, 3.05) is 0 Å². The first-order chi connectivity index (χ1) is 14.9. The van der Waals surface area contributed by atoms with Gasteiger partial charge in [0.25, 0.3) is 0 Å². The minimum atomic E-state index is -3.81. The van der Waals surface area contributed by atoms with Crippen LogP contribution < -0.4 is 0 Å². The number of hydrogen-bond acceptors (Lipinski definition) is 3. The first-order valence-corrected chi connectivity index (χ1v) is 11.8. The number of rotatable bonds is 5. The monoisotopic (exact) mass is 433 g/mol. The van der Waals surface area contributed by atoms with Gasteiger partial charge in [0, 0.05) is 6.04 Å². The Balaban J connectivity index is 1.79. The number of nitrogens with zero attached hydrogens (tertiary/aromatic N) is 1. The lowest BCUT2D eigenvalue weighted by Crippen LogP contribution is -2.47. The molecular formula is C26H27NO3S. The largest absolute Gasteiger partial charge is 0.350 e. The van der Waals surface area contributed by atoms with Gasteiger partial charge in [-0.25, -0.2) is 8.42 Å². The quantitative estimate of drug-likeness (QED) is 0.484. The molecule has 31 heavy (non-hydrogen) atoms. The highest BCUT2D eigenvalue weighted by Gasteiger charge is 2.43. The zero-order chi connectivity index (χ0) is 22.0. The summed E-state index contributed by atoms with van der Waals surface area (Å²) in [4.78, 5) is 0.253. The van der Waals surface area contributed by atoms with Crippen LogP contribution in [0.5, 0.6) is 0 Å². The summed E-state index contributed by atoms with van der Waals surface area (Å²) in [6.07, 6.45) is 1.22. The van der Waals surface area contributed by atoms with Crippen molar-refractivity contribution in [2.45, 2.75) is 43.5 Å². The lowest BCUT2D eigenvalue weighted by molar-refractivity contribution is -0.125. The van der Waals surface area contributed by atoms with Crippen LogP contribution in [0.1, 0.15) is 41.0 Å². The van der Waals surface area contributed by atoms with Crippen LogP contribution in [-0.2, 0) is 14.8 Å². The van der Waals surface area contributed by atoms with Crippen molar-refractivity contribution in [1.82, 2.24) is 4.31 Å². The van der Waals surface area contributed by atoms with Gasteiger partial charge in [-0.2, -0.15) is 4.31 Å². The highest BCUT2D eigenvalue weighted by atomic mass is 32.2. The van der Waals surface area contributed by atoms with Gasteiger partial charge in [-0.3, -0.25) is 0 Å². The van der Waals surface area contributed by atoms with Gasteiger partial charge >= 0.3 is 0 Å². The average molecular weight is 434 g/mol. The fourth-order valence-electron chi connectivity index (χ4n) is 3.94. The molecule has 160 valence electrons. The highest BCUT2D eigenvalue weighted by Crippen LogP contribution is 2.43. The van der Waals surface area contributed by atoms with Crippen molar-refractivity contribution in [3.63, 3.8) is 0 Å². The molecule has 1 saturated heterocycles. The molecule has 0 saturated carbocycles. The highest BCUT2D eigenvalue weighted by molar-refractivity contribution is 7.89. The molecule has 4 rings (SSSR count). The van der Waals surface area contributed by atoms with Crippen LogP contribution in [0.3, 0.4) is 0 Å². The van der Waals surface area contributed by atoms with E-state index in [0.717, 1.165) is 16.7 Å². The molecule has 0 radical (unpaired) electrons. The van der Waals surface area contributed by atoms with E-state index in [2.05, 4.69) is 18.7 Å². The second kappa shape index (κ2) is 8.79. The SMILES string of the molecule is C=C[C@@H]1C[C@@H](c2ccc(C)cc2)O[C@H](c2ccccc2)N1S(=O)(=O)c1ccc(C)cc1. The molecule has 0 aromatic heterocycles. The predicted molar refractivity (Wildman–Crippen MR) is 123 cm³/mol. The van der Waals surface area contributed by atoms with Gasteiger partial charge in [-0.15, -0.1) is 6.58 Å². The zero-order valence-electron chi connectivity index (χ0n) is 17.8. The van der Waals surface area contributed by atoms with E-state index >= 15 is 0 Å². The van der Waals surface area contributed by atoms with Crippen molar-refractivity contribution < 1.29 is 13.2 Å². The van der Waals surface area contributed by atoms with Crippen LogP contribution >= 0.6 is 0 Å². The summed E-state index contributed by atoms with van der Waals surface area (Å²) in [7, 11) is -3.81. The zero-order valence-corrected chi connectivity index (χ0v) is 18.6. The van der Waals surface area contributed by atoms with Gasteiger partial charge in [-0.1, -0.05) is 83.9 Å². The molecule has 3 aromatic rings. The number of ether oxygens (including phenoxy) is 1. The minimum Gasteiger partial charge on any atom is -0.350 e. The Morgan fingerprint density at radius 2 is 1.45 bits per heavy atom. The van der Waals surface area contributed by atoms with Gasteiger partial charge in [-0.05, 0) is 43.5 Å². The summed E-state index contributed by atoms with van der Waals surface area (Å²) >= 11 is 0. The summed E-state index contributed by atoms with van der Waals surface area (Å²) < 4.78 is 35.4. The molecule has 5 heteroatoms. The number of hydrogen-bond donors (Lipinski definition) is 0. The van der Waals surface area contributed by atoms with Gasteiger partial charge in [0.1, 0.15) is 0 Å². The molecule has 0 bridgehead atoms. The third kappa shape index (κ3) is 4.35. The first-order valence-electron chi connectivity index (χ1n) is 10.4. The first kappa shape index (κ1) is 21.5. The van der Waals surface area contributed by atoms with E-state index in [1.54, 1.807) is 18.2 Å². The molecule has 0 aliphatic carbocycles. The third-order valence-corrected chi connectivity index (χ3v) is 7.59. The van der Waals surface area contributed by atoms with Crippen LogP contribution in [0, 0.1) is 13.8 Å². The molecule has 1 heterocycles. The molecule has 0 N–H and O–H groups in total. The fraction of sp³-hybridized carbons (Fsp3) is 0.231. The molecule has 1 fully saturated rings. The Hall–Kier alpha value is -2.73. The summed E-state index contributed by atoms with van der Waals surface area (Å²) in [6.45, 7) is 7.94. The van der Waals surface area contributed by atoms with Gasteiger partial charge in [0.15, 0.2) is 6.23 Å². The van der Waals surface area contributed by atoms with Crippen LogP contribution in [-0.4, -0.2) is 18.8 Å². The predicted octanol–water partition coefficient (Wildman–Crippen LogP) is 5.71. The van der Waals surface area contributed by atoms with Crippen LogP contribution in [0.4, 0.5) is 0 Å². The third-order valence-electron chi connectivity index (χ3n) is 5.71. The Labute approximate surface area is 184 Å². The van der Waals surface area contributed by atoms with Crippen molar-refractivity contribution >= 4 is 10.0 Å². The Bertz CT molecular complexity index is 1140. The lowest BCUT2D eigenvalue weighted by atomic mass is 9.98. The van der Waals surface area contributed by atoms with Gasteiger partial charge < -0.3 is 4.74 Å². The summed E-state index contributed by atoms with van der Waals surface area (Å²) in [6, 6.07) is 24.2. The van der Waals surface area contributed by atoms with Crippen molar-refractivity contribution in [2.24, 2.45) is 0 Å². The fourth-order valence-corrected chi connectivity index (χ4v) is 5.62. The Kier molecular flexibility index (Phi) is 6.10. The summed E-state index contributed by atoms with van der Waals surface area (Å²) in [5.41, 5.74) is 4.00. The van der Waals surface area contributed by atoms with E-state index in [-0.39, 0.29) is 11.0 Å². The molecule has 0 amide bonds. The van der Waals surface area contributed by atoms with Crippen LogP contribution in [0.15, 0.2) is 96.4 Å². The summed E-state index contributed by atoms with van der Waals surface area (Å²) in [5.74, 6) is 0. The van der Waals surface area contributed by atoms with Crippen LogP contribution in [0.25, 0.3) is 0 Å². The molecule has 1 aliphatic heterocycles. The van der Waals surface area contributed by atoms with Gasteiger partial charge in [0.2, 0.25) is 10.0 Å². The maximum atomic E-state index is 13.7. The summed E-state index contributed by atoms with van der Waals surface area (Å²) in [5, 5.41) is 0. The Morgan fingerprint density at radius 3 is 2.03 bits per heavy atom. The molecule has 4 nitrogen and oxygen atoms in total. The van der Waals surface area contributed by atoms with E-state index in [4.69, 9.17) is 4.74 Å². The molecule has 0 spiro atoms. The molecule has 1 aliphatic rings. The molecule has 3 atom stereocenters. The minimum absolute atomic E-state index is 0.238. The molecule has 0 unspecified atom stereocenters. The number of sulfonamides is 1. The van der Waals surface area contributed by atoms with Gasteiger partial charge in [0.05, 0.1) is 11.0 Å². The van der Waals surface area contributed by atoms with Crippen molar-refractivity contribution in [1.29, 1.82) is 0 Å². The maximum absolute atomic E-state index is 13.7. The average Bonchev–Trinajstić information content (AvgIpc) is 2.79. The topological polar surface area (TPSA) is 46.6 Å². The maximum Gasteiger partial charge on any atom is 0.246 e. The number of aryl methyl sites for hydroxylation is 2.